The van der Waals surface area contributed by atoms with Crippen LogP contribution in [0.25, 0.3) is 0 Å². The fourth-order valence-electron chi connectivity index (χ4n) is 2.31. The highest BCUT2D eigenvalue weighted by molar-refractivity contribution is 6.30. The van der Waals surface area contributed by atoms with Crippen LogP contribution in [0.5, 0.6) is 11.5 Å². The number of hydrogen-bond acceptors (Lipinski definition) is 3. The number of ether oxygens (including phenoxy) is 2. The molecule has 1 aliphatic heterocycles. The molecule has 20 heavy (non-hydrogen) atoms. The van der Waals surface area contributed by atoms with E-state index >= 15 is 0 Å². The summed E-state index contributed by atoms with van der Waals surface area (Å²) in [7, 11) is 0. The van der Waals surface area contributed by atoms with Gasteiger partial charge in [-0.3, -0.25) is 0 Å². The molecule has 0 radical (unpaired) electrons. The summed E-state index contributed by atoms with van der Waals surface area (Å²) in [5, 5.41) is 0.723. The Balaban J connectivity index is 1.68. The number of benzene rings is 2. The first-order valence-corrected chi connectivity index (χ1v) is 6.99. The van der Waals surface area contributed by atoms with Gasteiger partial charge in [0.1, 0.15) is 12.7 Å². The third-order valence-corrected chi connectivity index (χ3v) is 3.60. The Morgan fingerprint density at radius 3 is 2.75 bits per heavy atom. The van der Waals surface area contributed by atoms with Crippen LogP contribution in [0.2, 0.25) is 5.02 Å². The van der Waals surface area contributed by atoms with Gasteiger partial charge in [0.25, 0.3) is 0 Å². The Hall–Kier alpha value is -1.71. The lowest BCUT2D eigenvalue weighted by Crippen LogP contribution is -2.46. The maximum absolute atomic E-state index is 6.24. The molecule has 2 unspecified atom stereocenters. The Labute approximate surface area is 123 Å². The first-order chi connectivity index (χ1) is 9.72. The van der Waals surface area contributed by atoms with E-state index in [1.807, 2.05) is 48.5 Å². The fourth-order valence-corrected chi connectivity index (χ4v) is 2.53. The van der Waals surface area contributed by atoms with Crippen molar-refractivity contribution in [3.63, 3.8) is 0 Å². The van der Waals surface area contributed by atoms with E-state index in [-0.39, 0.29) is 12.1 Å². The molecular formula is C16H16ClNO2. The van der Waals surface area contributed by atoms with Crippen molar-refractivity contribution < 1.29 is 9.47 Å². The second-order valence-electron chi connectivity index (χ2n) is 4.91. The molecule has 104 valence electrons. The highest BCUT2D eigenvalue weighted by Crippen LogP contribution is 2.31. The summed E-state index contributed by atoms with van der Waals surface area (Å²) in [5.41, 5.74) is 7.34. The van der Waals surface area contributed by atoms with Gasteiger partial charge in [0.2, 0.25) is 0 Å². The van der Waals surface area contributed by atoms with Crippen molar-refractivity contribution in [2.45, 2.75) is 18.6 Å². The maximum atomic E-state index is 6.24. The smallest absolute Gasteiger partial charge is 0.161 e. The molecule has 0 aliphatic carbocycles. The van der Waals surface area contributed by atoms with E-state index in [0.29, 0.717) is 13.0 Å². The summed E-state index contributed by atoms with van der Waals surface area (Å²) in [4.78, 5) is 0. The van der Waals surface area contributed by atoms with Gasteiger partial charge < -0.3 is 15.2 Å². The lowest BCUT2D eigenvalue weighted by molar-refractivity contribution is 0.0723. The van der Waals surface area contributed by atoms with E-state index in [2.05, 4.69) is 0 Å². The van der Waals surface area contributed by atoms with Crippen molar-refractivity contribution in [1.29, 1.82) is 0 Å². The van der Waals surface area contributed by atoms with Gasteiger partial charge in [0.05, 0.1) is 0 Å². The van der Waals surface area contributed by atoms with Crippen LogP contribution in [0.3, 0.4) is 0 Å². The second-order valence-corrected chi connectivity index (χ2v) is 5.35. The minimum absolute atomic E-state index is 0.137. The van der Waals surface area contributed by atoms with Crippen molar-refractivity contribution in [2.75, 3.05) is 6.61 Å². The van der Waals surface area contributed by atoms with Crippen molar-refractivity contribution >= 4 is 11.6 Å². The summed E-state index contributed by atoms with van der Waals surface area (Å²) in [6.07, 6.45) is 0.556. The lowest BCUT2D eigenvalue weighted by atomic mass is 10.0. The molecule has 0 bridgehead atoms. The van der Waals surface area contributed by atoms with E-state index < -0.39 is 0 Å². The molecule has 3 rings (SSSR count). The van der Waals surface area contributed by atoms with Gasteiger partial charge in [-0.2, -0.15) is 0 Å². The Morgan fingerprint density at radius 1 is 1.15 bits per heavy atom. The number of hydrogen-bond donors (Lipinski definition) is 1. The Morgan fingerprint density at radius 2 is 1.95 bits per heavy atom. The topological polar surface area (TPSA) is 44.5 Å². The van der Waals surface area contributed by atoms with E-state index in [4.69, 9.17) is 26.8 Å². The summed E-state index contributed by atoms with van der Waals surface area (Å²) in [6.45, 7) is 0.471. The van der Waals surface area contributed by atoms with Gasteiger partial charge in [0.15, 0.2) is 11.5 Å². The maximum Gasteiger partial charge on any atom is 0.161 e. The molecule has 2 atom stereocenters. The molecule has 0 spiro atoms. The van der Waals surface area contributed by atoms with E-state index in [0.717, 1.165) is 22.1 Å². The Bertz CT molecular complexity index is 603. The van der Waals surface area contributed by atoms with Crippen LogP contribution in [-0.2, 0) is 6.42 Å². The van der Waals surface area contributed by atoms with E-state index in [1.165, 1.54) is 0 Å². The molecule has 2 aromatic rings. The largest absolute Gasteiger partial charge is 0.486 e. The third-order valence-electron chi connectivity index (χ3n) is 3.37. The number of rotatable bonds is 3. The van der Waals surface area contributed by atoms with Gasteiger partial charge in [-0.25, -0.2) is 0 Å². The minimum Gasteiger partial charge on any atom is -0.486 e. The van der Waals surface area contributed by atoms with Crippen LogP contribution in [0, 0.1) is 0 Å². The molecule has 1 heterocycles. The first-order valence-electron chi connectivity index (χ1n) is 6.61. The molecule has 4 heteroatoms. The van der Waals surface area contributed by atoms with Crippen LogP contribution >= 0.6 is 11.6 Å². The van der Waals surface area contributed by atoms with E-state index in [1.54, 1.807) is 0 Å². The van der Waals surface area contributed by atoms with Crippen molar-refractivity contribution in [2.24, 2.45) is 5.73 Å². The highest BCUT2D eigenvalue weighted by Gasteiger charge is 2.26. The molecule has 0 amide bonds. The summed E-state index contributed by atoms with van der Waals surface area (Å²) < 4.78 is 11.6. The molecule has 0 aromatic heterocycles. The molecule has 0 saturated carbocycles. The van der Waals surface area contributed by atoms with E-state index in [9.17, 15) is 0 Å². The lowest BCUT2D eigenvalue weighted by Gasteiger charge is -2.30. The number of nitrogens with two attached hydrogens (primary N) is 1. The van der Waals surface area contributed by atoms with Crippen LogP contribution in [-0.4, -0.2) is 18.8 Å². The first kappa shape index (κ1) is 13.3. The average Bonchev–Trinajstić information content (AvgIpc) is 2.47. The van der Waals surface area contributed by atoms with Crippen LogP contribution in [0.15, 0.2) is 48.5 Å². The van der Waals surface area contributed by atoms with Crippen molar-refractivity contribution in [3.8, 4) is 11.5 Å². The SMILES string of the molecule is NC(Cc1cccc(Cl)c1)C1COc2ccccc2O1. The normalized spacial score (nSPS) is 18.6. The van der Waals surface area contributed by atoms with Crippen LogP contribution in [0.1, 0.15) is 5.56 Å². The molecule has 0 fully saturated rings. The van der Waals surface area contributed by atoms with Crippen LogP contribution in [0.4, 0.5) is 0 Å². The zero-order valence-corrected chi connectivity index (χ0v) is 11.7. The predicted molar refractivity (Wildman–Crippen MR) is 79.5 cm³/mol. The average molecular weight is 290 g/mol. The molecule has 3 nitrogen and oxygen atoms in total. The zero-order chi connectivity index (χ0) is 13.9. The monoisotopic (exact) mass is 289 g/mol. The molecule has 2 N–H and O–H groups in total. The van der Waals surface area contributed by atoms with Crippen molar-refractivity contribution in [3.05, 3.63) is 59.1 Å². The van der Waals surface area contributed by atoms with Gasteiger partial charge in [0, 0.05) is 11.1 Å². The van der Waals surface area contributed by atoms with Gasteiger partial charge in [-0.05, 0) is 36.2 Å². The quantitative estimate of drug-likeness (QED) is 0.944. The summed E-state index contributed by atoms with van der Waals surface area (Å²) in [5.74, 6) is 1.53. The molecule has 1 aliphatic rings. The molecule has 0 saturated heterocycles. The van der Waals surface area contributed by atoms with Crippen molar-refractivity contribution in [1.82, 2.24) is 0 Å². The summed E-state index contributed by atoms with van der Waals surface area (Å²) >= 11 is 5.98. The number of para-hydroxylation sites is 2. The van der Waals surface area contributed by atoms with Gasteiger partial charge in [-0.15, -0.1) is 0 Å². The van der Waals surface area contributed by atoms with Crippen LogP contribution < -0.4 is 15.2 Å². The molecule has 2 aromatic carbocycles. The number of fused-ring (bicyclic) bond motifs is 1. The predicted octanol–water partition coefficient (Wildman–Crippen LogP) is 3.05. The Kier molecular flexibility index (Phi) is 3.81. The second kappa shape index (κ2) is 5.73. The minimum atomic E-state index is -0.149. The highest BCUT2D eigenvalue weighted by atomic mass is 35.5. The fraction of sp³-hybridized carbons (Fsp3) is 0.250. The zero-order valence-electron chi connectivity index (χ0n) is 11.0. The number of halogens is 1. The van der Waals surface area contributed by atoms with Gasteiger partial charge >= 0.3 is 0 Å². The van der Waals surface area contributed by atoms with Gasteiger partial charge in [-0.1, -0.05) is 35.9 Å². The molecular weight excluding hydrogens is 274 g/mol. The third kappa shape index (κ3) is 2.89. The summed E-state index contributed by atoms with van der Waals surface area (Å²) in [6, 6.07) is 15.2. The standard InChI is InChI=1S/C16H16ClNO2/c17-12-5-3-4-11(8-12)9-13(18)16-10-19-14-6-1-2-7-15(14)20-16/h1-8,13,16H,9-10,18H2.